The largest absolute Gasteiger partial charge is 0.377 e. The van der Waals surface area contributed by atoms with E-state index in [1.54, 1.807) is 11.3 Å². The van der Waals surface area contributed by atoms with Crippen LogP contribution < -0.4 is 11.1 Å². The minimum atomic E-state index is -0.582. The molecule has 0 fully saturated rings. The molecule has 21 heavy (non-hydrogen) atoms. The molecule has 0 bridgehead atoms. The van der Waals surface area contributed by atoms with Gasteiger partial charge in [-0.05, 0) is 18.2 Å². The molecule has 1 aromatic heterocycles. The quantitative estimate of drug-likeness (QED) is 0.910. The second-order valence-electron chi connectivity index (χ2n) is 5.81. The fourth-order valence-corrected chi connectivity index (χ4v) is 2.64. The zero-order chi connectivity index (χ0) is 15.6. The van der Waals surface area contributed by atoms with Gasteiger partial charge in [0, 0.05) is 16.4 Å². The fraction of sp³-hybridized carbons (Fsp3) is 0.333. The highest BCUT2D eigenvalue weighted by Crippen LogP contribution is 2.26. The first-order valence-electron chi connectivity index (χ1n) is 6.55. The molecular weight excluding hydrogens is 289 g/mol. The summed E-state index contributed by atoms with van der Waals surface area (Å²) in [6.45, 7) is 6.68. The number of benzene rings is 1. The van der Waals surface area contributed by atoms with Gasteiger partial charge in [-0.1, -0.05) is 20.8 Å². The SMILES string of the molecule is CC(C)(C)c1nc(CNc2cc(C(N)=O)ccc2F)cs1. The van der Waals surface area contributed by atoms with Crippen molar-refractivity contribution < 1.29 is 9.18 Å². The van der Waals surface area contributed by atoms with Gasteiger partial charge in [0.2, 0.25) is 5.91 Å². The fourth-order valence-electron chi connectivity index (χ4n) is 1.73. The van der Waals surface area contributed by atoms with E-state index in [-0.39, 0.29) is 16.7 Å². The number of nitrogens with one attached hydrogen (secondary N) is 1. The van der Waals surface area contributed by atoms with E-state index in [1.807, 2.05) is 5.38 Å². The topological polar surface area (TPSA) is 68.0 Å². The van der Waals surface area contributed by atoms with E-state index in [9.17, 15) is 9.18 Å². The lowest BCUT2D eigenvalue weighted by Gasteiger charge is -2.13. The first-order chi connectivity index (χ1) is 9.77. The summed E-state index contributed by atoms with van der Waals surface area (Å²) >= 11 is 1.58. The van der Waals surface area contributed by atoms with E-state index in [4.69, 9.17) is 5.73 Å². The molecule has 0 aliphatic heterocycles. The lowest BCUT2D eigenvalue weighted by Crippen LogP contribution is -2.12. The highest BCUT2D eigenvalue weighted by molar-refractivity contribution is 7.09. The molecule has 2 rings (SSSR count). The van der Waals surface area contributed by atoms with Crippen LogP contribution in [0.3, 0.4) is 0 Å². The maximum atomic E-state index is 13.7. The lowest BCUT2D eigenvalue weighted by molar-refractivity contribution is 0.100. The van der Waals surface area contributed by atoms with E-state index in [0.717, 1.165) is 10.7 Å². The van der Waals surface area contributed by atoms with Crippen molar-refractivity contribution >= 4 is 22.9 Å². The number of anilines is 1. The molecule has 112 valence electrons. The molecule has 4 nitrogen and oxygen atoms in total. The summed E-state index contributed by atoms with van der Waals surface area (Å²) in [4.78, 5) is 15.6. The minimum absolute atomic E-state index is 0.0000514. The normalized spacial score (nSPS) is 11.4. The monoisotopic (exact) mass is 307 g/mol. The van der Waals surface area contributed by atoms with Crippen LogP contribution >= 0.6 is 11.3 Å². The minimum Gasteiger partial charge on any atom is -0.377 e. The van der Waals surface area contributed by atoms with E-state index in [1.165, 1.54) is 18.2 Å². The van der Waals surface area contributed by atoms with Crippen molar-refractivity contribution in [2.24, 2.45) is 5.73 Å². The summed E-state index contributed by atoms with van der Waals surface area (Å²) in [7, 11) is 0. The standard InChI is InChI=1S/C15H18FN3OS/c1-15(2,3)14-19-10(8-21-14)7-18-12-6-9(13(17)20)4-5-11(12)16/h4-6,8,18H,7H2,1-3H3,(H2,17,20). The van der Waals surface area contributed by atoms with Gasteiger partial charge in [-0.25, -0.2) is 9.37 Å². The third-order valence-electron chi connectivity index (χ3n) is 2.90. The molecule has 0 aliphatic carbocycles. The maximum Gasteiger partial charge on any atom is 0.248 e. The number of rotatable bonds is 4. The van der Waals surface area contributed by atoms with Crippen molar-refractivity contribution in [3.05, 3.63) is 45.7 Å². The third-order valence-corrected chi connectivity index (χ3v) is 4.22. The van der Waals surface area contributed by atoms with Gasteiger partial charge in [-0.15, -0.1) is 11.3 Å². The summed E-state index contributed by atoms with van der Waals surface area (Å²) in [5, 5.41) is 5.93. The number of nitrogens with zero attached hydrogens (tertiary/aromatic N) is 1. The van der Waals surface area contributed by atoms with E-state index < -0.39 is 11.7 Å². The Morgan fingerprint density at radius 3 is 2.71 bits per heavy atom. The van der Waals surface area contributed by atoms with Gasteiger partial charge in [0.25, 0.3) is 0 Å². The van der Waals surface area contributed by atoms with Gasteiger partial charge in [-0.3, -0.25) is 4.79 Å². The smallest absolute Gasteiger partial charge is 0.248 e. The summed E-state index contributed by atoms with van der Waals surface area (Å²) in [5.74, 6) is -1.01. The van der Waals surface area contributed by atoms with Gasteiger partial charge in [0.15, 0.2) is 0 Å². The zero-order valence-electron chi connectivity index (χ0n) is 12.2. The van der Waals surface area contributed by atoms with Crippen LogP contribution in [0.1, 0.15) is 41.8 Å². The van der Waals surface area contributed by atoms with E-state index in [0.29, 0.717) is 6.54 Å². The number of thiazole rings is 1. The third kappa shape index (κ3) is 3.78. The Hall–Kier alpha value is -1.95. The van der Waals surface area contributed by atoms with Crippen molar-refractivity contribution in [2.75, 3.05) is 5.32 Å². The Morgan fingerprint density at radius 1 is 1.43 bits per heavy atom. The Bertz CT molecular complexity index is 661. The zero-order valence-corrected chi connectivity index (χ0v) is 13.1. The predicted molar refractivity (Wildman–Crippen MR) is 83.1 cm³/mol. The van der Waals surface area contributed by atoms with Crippen molar-refractivity contribution in [1.29, 1.82) is 0 Å². The number of aromatic nitrogens is 1. The Morgan fingerprint density at radius 2 is 2.14 bits per heavy atom. The first kappa shape index (κ1) is 15.4. The summed E-state index contributed by atoms with van der Waals surface area (Å²) in [5.41, 5.74) is 6.55. The van der Waals surface area contributed by atoms with Crippen molar-refractivity contribution in [2.45, 2.75) is 32.7 Å². The van der Waals surface area contributed by atoms with Crippen LogP contribution in [0, 0.1) is 5.82 Å². The molecular formula is C15H18FN3OS. The number of nitrogens with two attached hydrogens (primary N) is 1. The van der Waals surface area contributed by atoms with Crippen LogP contribution in [-0.4, -0.2) is 10.9 Å². The number of hydrogen-bond donors (Lipinski definition) is 2. The average molecular weight is 307 g/mol. The summed E-state index contributed by atoms with van der Waals surface area (Å²) in [6, 6.07) is 4.00. The molecule has 1 amide bonds. The van der Waals surface area contributed by atoms with Crippen LogP contribution in [-0.2, 0) is 12.0 Å². The van der Waals surface area contributed by atoms with Gasteiger partial charge < -0.3 is 11.1 Å². The van der Waals surface area contributed by atoms with E-state index >= 15 is 0 Å². The number of primary amides is 1. The molecule has 2 aromatic rings. The van der Waals surface area contributed by atoms with Crippen LogP contribution in [0.15, 0.2) is 23.6 Å². The molecule has 0 saturated carbocycles. The Balaban J connectivity index is 2.11. The molecule has 0 radical (unpaired) electrons. The Labute approximate surface area is 127 Å². The van der Waals surface area contributed by atoms with Gasteiger partial charge in [0.05, 0.1) is 22.9 Å². The lowest BCUT2D eigenvalue weighted by atomic mass is 9.98. The van der Waals surface area contributed by atoms with Crippen LogP contribution in [0.4, 0.5) is 10.1 Å². The highest BCUT2D eigenvalue weighted by Gasteiger charge is 2.18. The van der Waals surface area contributed by atoms with E-state index in [2.05, 4.69) is 31.1 Å². The van der Waals surface area contributed by atoms with Crippen LogP contribution in [0.2, 0.25) is 0 Å². The van der Waals surface area contributed by atoms with Gasteiger partial charge in [-0.2, -0.15) is 0 Å². The molecule has 1 aromatic carbocycles. The molecule has 0 unspecified atom stereocenters. The number of carbonyl (C=O) groups excluding carboxylic acids is 1. The molecule has 0 spiro atoms. The number of carbonyl (C=O) groups is 1. The van der Waals surface area contributed by atoms with Gasteiger partial charge >= 0.3 is 0 Å². The van der Waals surface area contributed by atoms with Crippen molar-refractivity contribution in [3.8, 4) is 0 Å². The molecule has 1 heterocycles. The van der Waals surface area contributed by atoms with Crippen molar-refractivity contribution in [3.63, 3.8) is 0 Å². The maximum absolute atomic E-state index is 13.7. The summed E-state index contributed by atoms with van der Waals surface area (Å²) < 4.78 is 13.7. The predicted octanol–water partition coefficient (Wildman–Crippen LogP) is 3.29. The highest BCUT2D eigenvalue weighted by atomic mass is 32.1. The van der Waals surface area contributed by atoms with Crippen LogP contribution in [0.5, 0.6) is 0 Å². The van der Waals surface area contributed by atoms with Crippen molar-refractivity contribution in [1.82, 2.24) is 4.98 Å². The number of halogens is 1. The first-order valence-corrected chi connectivity index (χ1v) is 7.43. The molecule has 6 heteroatoms. The number of hydrogen-bond acceptors (Lipinski definition) is 4. The Kier molecular flexibility index (Phi) is 4.27. The molecule has 0 saturated heterocycles. The second kappa shape index (κ2) is 5.81. The summed E-state index contributed by atoms with van der Waals surface area (Å²) in [6.07, 6.45) is 0. The molecule has 0 atom stereocenters. The number of amides is 1. The molecule has 0 aliphatic rings. The van der Waals surface area contributed by atoms with Gasteiger partial charge in [0.1, 0.15) is 5.82 Å². The van der Waals surface area contributed by atoms with Crippen LogP contribution in [0.25, 0.3) is 0 Å². The molecule has 3 N–H and O–H groups in total. The average Bonchev–Trinajstić information content (AvgIpc) is 2.86. The second-order valence-corrected chi connectivity index (χ2v) is 6.66.